The van der Waals surface area contributed by atoms with Gasteiger partial charge in [0.15, 0.2) is 4.83 Å². The molecule has 1 aliphatic rings. The molecule has 1 atom stereocenters. The molecule has 0 saturated heterocycles. The SMILES string of the molecule is COc1cccc(C=CC(=O)NCC(=O)N(C)N2c3c(OCc4ccccc4)cc(Cl)cc3SC2Cl)c1. The van der Waals surface area contributed by atoms with Crippen molar-refractivity contribution in [1.82, 2.24) is 10.3 Å². The molecule has 0 fully saturated rings. The second kappa shape index (κ2) is 12.3. The molecule has 0 aliphatic carbocycles. The van der Waals surface area contributed by atoms with Crippen molar-refractivity contribution < 1.29 is 19.1 Å². The van der Waals surface area contributed by atoms with Gasteiger partial charge in [-0.3, -0.25) is 14.6 Å². The maximum atomic E-state index is 13.0. The lowest BCUT2D eigenvalue weighted by molar-refractivity contribution is -0.131. The zero-order valence-electron chi connectivity index (χ0n) is 20.2. The molecule has 0 spiro atoms. The number of alkyl halides is 1. The first-order chi connectivity index (χ1) is 17.9. The Morgan fingerprint density at radius 2 is 1.92 bits per heavy atom. The third-order valence-electron chi connectivity index (χ3n) is 5.51. The minimum atomic E-state index is -0.606. The Kier molecular flexibility index (Phi) is 8.87. The third kappa shape index (κ3) is 6.71. The lowest BCUT2D eigenvalue weighted by Crippen LogP contribution is -2.49. The summed E-state index contributed by atoms with van der Waals surface area (Å²) in [7, 11) is 3.18. The molecule has 0 aromatic heterocycles. The smallest absolute Gasteiger partial charge is 0.260 e. The molecule has 37 heavy (non-hydrogen) atoms. The summed E-state index contributed by atoms with van der Waals surface area (Å²) in [6, 6.07) is 20.5. The summed E-state index contributed by atoms with van der Waals surface area (Å²) < 4.78 is 11.3. The number of methoxy groups -OCH3 is 1. The number of carbonyl (C=O) groups excluding carboxylic acids is 2. The number of anilines is 1. The van der Waals surface area contributed by atoms with Gasteiger partial charge in [0.05, 0.1) is 13.7 Å². The molecule has 1 heterocycles. The summed E-state index contributed by atoms with van der Waals surface area (Å²) in [6.07, 6.45) is 3.01. The number of likely N-dealkylation sites (N-methyl/N-ethyl adjacent to an activating group) is 1. The van der Waals surface area contributed by atoms with Crippen molar-refractivity contribution in [2.24, 2.45) is 0 Å². The van der Waals surface area contributed by atoms with Crippen LogP contribution in [0.5, 0.6) is 11.5 Å². The Bertz CT molecular complexity index is 1310. The van der Waals surface area contributed by atoms with E-state index in [0.717, 1.165) is 16.0 Å². The number of fused-ring (bicyclic) bond motifs is 1. The van der Waals surface area contributed by atoms with Crippen LogP contribution in [0.3, 0.4) is 0 Å². The van der Waals surface area contributed by atoms with Crippen LogP contribution in [0.4, 0.5) is 5.69 Å². The molecule has 1 N–H and O–H groups in total. The van der Waals surface area contributed by atoms with Gasteiger partial charge in [-0.2, -0.15) is 0 Å². The Hall–Kier alpha value is -3.33. The fourth-order valence-corrected chi connectivity index (χ4v) is 5.47. The van der Waals surface area contributed by atoms with Gasteiger partial charge < -0.3 is 14.8 Å². The van der Waals surface area contributed by atoms with Gasteiger partial charge in [-0.1, -0.05) is 77.4 Å². The Morgan fingerprint density at radius 1 is 1.14 bits per heavy atom. The van der Waals surface area contributed by atoms with Crippen molar-refractivity contribution in [3.8, 4) is 11.5 Å². The first-order valence-corrected chi connectivity index (χ1v) is 13.0. The maximum Gasteiger partial charge on any atom is 0.260 e. The van der Waals surface area contributed by atoms with Crippen molar-refractivity contribution >= 4 is 58.5 Å². The number of rotatable bonds is 9. The number of nitrogens with zero attached hydrogens (tertiary/aromatic N) is 2. The van der Waals surface area contributed by atoms with Crippen LogP contribution in [0.25, 0.3) is 6.08 Å². The number of nitrogens with one attached hydrogen (secondary N) is 1. The van der Waals surface area contributed by atoms with Gasteiger partial charge >= 0.3 is 0 Å². The minimum absolute atomic E-state index is 0.217. The molecule has 0 radical (unpaired) electrons. The molecular formula is C27H25Cl2N3O4S. The van der Waals surface area contributed by atoms with E-state index in [1.165, 1.54) is 22.8 Å². The molecular weight excluding hydrogens is 533 g/mol. The fourth-order valence-electron chi connectivity index (χ4n) is 3.63. The summed E-state index contributed by atoms with van der Waals surface area (Å²) in [6.45, 7) is 0.109. The Morgan fingerprint density at radius 3 is 2.68 bits per heavy atom. The van der Waals surface area contributed by atoms with Crippen LogP contribution < -0.4 is 19.8 Å². The summed E-state index contributed by atoms with van der Waals surface area (Å²) in [4.78, 5) is 25.5. The van der Waals surface area contributed by atoms with Gasteiger partial charge in [-0.05, 0) is 35.4 Å². The van der Waals surface area contributed by atoms with Gasteiger partial charge in [0.2, 0.25) is 5.91 Å². The van der Waals surface area contributed by atoms with E-state index in [0.29, 0.717) is 28.8 Å². The first-order valence-electron chi connectivity index (χ1n) is 11.3. The van der Waals surface area contributed by atoms with Crippen molar-refractivity contribution in [3.05, 3.63) is 89.0 Å². The monoisotopic (exact) mass is 557 g/mol. The fraction of sp³-hybridized carbons (Fsp3) is 0.185. The molecule has 7 nitrogen and oxygen atoms in total. The molecule has 0 bridgehead atoms. The van der Waals surface area contributed by atoms with Gasteiger partial charge in [0.25, 0.3) is 5.91 Å². The van der Waals surface area contributed by atoms with Crippen molar-refractivity contribution in [3.63, 3.8) is 0 Å². The topological polar surface area (TPSA) is 71.1 Å². The number of hydrazine groups is 1. The number of hydrogen-bond donors (Lipinski definition) is 1. The van der Waals surface area contributed by atoms with Crippen LogP contribution in [0.2, 0.25) is 5.02 Å². The van der Waals surface area contributed by atoms with Crippen LogP contribution in [0.15, 0.2) is 77.7 Å². The average Bonchev–Trinajstić information content (AvgIpc) is 3.24. The molecule has 3 aromatic rings. The molecule has 1 aliphatic heterocycles. The van der Waals surface area contributed by atoms with Crippen LogP contribution in [0, 0.1) is 0 Å². The Balaban J connectivity index is 1.43. The van der Waals surface area contributed by atoms with Crippen LogP contribution in [0.1, 0.15) is 11.1 Å². The minimum Gasteiger partial charge on any atom is -0.497 e. The van der Waals surface area contributed by atoms with E-state index in [4.69, 9.17) is 32.7 Å². The summed E-state index contributed by atoms with van der Waals surface area (Å²) in [5.74, 6) is 0.437. The van der Waals surface area contributed by atoms with Crippen molar-refractivity contribution in [2.45, 2.75) is 16.3 Å². The summed E-state index contributed by atoms with van der Waals surface area (Å²) >= 11 is 14.3. The molecule has 0 saturated carbocycles. The van der Waals surface area contributed by atoms with Gasteiger partial charge in [-0.25, -0.2) is 5.01 Å². The zero-order chi connectivity index (χ0) is 26.4. The summed E-state index contributed by atoms with van der Waals surface area (Å²) in [5.41, 5.74) is 2.44. The van der Waals surface area contributed by atoms with E-state index in [9.17, 15) is 9.59 Å². The standard InChI is InChI=1S/C27H25Cl2N3O4S/c1-31(25(34)16-30-24(33)12-11-18-9-6-10-21(13-18)35-2)32-26-22(36-17-19-7-4-3-5-8-19)14-20(28)15-23(26)37-27(32)29/h3-15,27H,16-17H2,1-2H3,(H,30,33). The molecule has 2 amide bonds. The third-order valence-corrected chi connectivity index (χ3v) is 7.14. The number of hydrogen-bond acceptors (Lipinski definition) is 6. The van der Waals surface area contributed by atoms with E-state index < -0.39 is 10.7 Å². The predicted octanol–water partition coefficient (Wildman–Crippen LogP) is 5.57. The quantitative estimate of drug-likeness (QED) is 0.211. The molecule has 1 unspecified atom stereocenters. The predicted molar refractivity (Wildman–Crippen MR) is 148 cm³/mol. The van der Waals surface area contributed by atoms with E-state index >= 15 is 0 Å². The number of halogens is 2. The van der Waals surface area contributed by atoms with Gasteiger partial charge in [-0.15, -0.1) is 0 Å². The second-order valence-corrected chi connectivity index (χ2v) is 10.3. The van der Waals surface area contributed by atoms with E-state index in [2.05, 4.69) is 5.32 Å². The van der Waals surface area contributed by atoms with Crippen molar-refractivity contribution in [1.29, 1.82) is 0 Å². The average molecular weight is 558 g/mol. The zero-order valence-corrected chi connectivity index (χ0v) is 22.5. The number of ether oxygens (including phenoxy) is 2. The lowest BCUT2D eigenvalue weighted by Gasteiger charge is -2.33. The highest BCUT2D eigenvalue weighted by Crippen LogP contribution is 2.51. The number of benzene rings is 3. The number of carbonyl (C=O) groups is 2. The highest BCUT2D eigenvalue weighted by molar-refractivity contribution is 8.01. The summed E-state index contributed by atoms with van der Waals surface area (Å²) in [5, 5.41) is 6.14. The lowest BCUT2D eigenvalue weighted by atomic mass is 10.2. The molecule has 3 aromatic carbocycles. The van der Waals surface area contributed by atoms with Crippen LogP contribution >= 0.6 is 35.0 Å². The Labute approximate surface area is 229 Å². The van der Waals surface area contributed by atoms with Crippen LogP contribution in [-0.4, -0.2) is 42.4 Å². The van der Waals surface area contributed by atoms with Gasteiger partial charge in [0.1, 0.15) is 23.8 Å². The number of thioether (sulfide) groups is 1. The van der Waals surface area contributed by atoms with Crippen molar-refractivity contribution in [2.75, 3.05) is 25.7 Å². The normalized spacial score (nSPS) is 14.4. The van der Waals surface area contributed by atoms with Gasteiger partial charge in [0, 0.05) is 29.1 Å². The van der Waals surface area contributed by atoms with E-state index in [1.54, 1.807) is 43.4 Å². The molecule has 4 rings (SSSR count). The molecule has 192 valence electrons. The second-order valence-electron chi connectivity index (χ2n) is 8.02. The number of amides is 2. The highest BCUT2D eigenvalue weighted by atomic mass is 35.5. The molecule has 10 heteroatoms. The highest BCUT2D eigenvalue weighted by Gasteiger charge is 2.37. The van der Waals surface area contributed by atoms with E-state index in [-0.39, 0.29) is 12.5 Å². The largest absolute Gasteiger partial charge is 0.497 e. The first kappa shape index (κ1) is 26.7. The van der Waals surface area contributed by atoms with E-state index in [1.807, 2.05) is 48.5 Å². The maximum absolute atomic E-state index is 13.0. The van der Waals surface area contributed by atoms with Crippen LogP contribution in [-0.2, 0) is 16.2 Å².